The Bertz CT molecular complexity index is 484. The number of rotatable bonds is 3. The monoisotopic (exact) mass is 235 g/mol. The van der Waals surface area contributed by atoms with Crippen LogP contribution in [0.15, 0.2) is 11.1 Å². The summed E-state index contributed by atoms with van der Waals surface area (Å²) in [5.41, 5.74) is 2.05. The zero-order chi connectivity index (χ0) is 12.6. The Morgan fingerprint density at radius 3 is 2.59 bits per heavy atom. The number of nitrogens with zero attached hydrogens (tertiary/aromatic N) is 3. The number of hydrogen-bond acceptors (Lipinski definition) is 1. The van der Waals surface area contributed by atoms with Crippen molar-refractivity contribution in [1.29, 1.82) is 0 Å². The van der Waals surface area contributed by atoms with Gasteiger partial charge in [0.05, 0.1) is 0 Å². The van der Waals surface area contributed by atoms with Gasteiger partial charge in [-0.1, -0.05) is 20.8 Å². The Morgan fingerprint density at radius 1 is 1.47 bits per heavy atom. The summed E-state index contributed by atoms with van der Waals surface area (Å²) in [5, 5.41) is 0. The number of aromatic nitrogens is 2. The number of hydrogen-bond donors (Lipinski definition) is 0. The summed E-state index contributed by atoms with van der Waals surface area (Å²) in [6.45, 7) is 7.50. The maximum Gasteiger partial charge on any atom is 0.234 e. The van der Waals surface area contributed by atoms with E-state index in [0.717, 1.165) is 18.0 Å². The fourth-order valence-electron chi connectivity index (χ4n) is 2.19. The Labute approximate surface area is 102 Å². The summed E-state index contributed by atoms with van der Waals surface area (Å²) in [4.78, 5) is 14.6. The lowest BCUT2D eigenvalue weighted by atomic mass is 9.92. The predicted molar refractivity (Wildman–Crippen MR) is 66.5 cm³/mol. The van der Waals surface area contributed by atoms with Crippen molar-refractivity contribution in [3.63, 3.8) is 0 Å². The molecule has 4 nitrogen and oxygen atoms in total. The summed E-state index contributed by atoms with van der Waals surface area (Å²) >= 11 is 0. The van der Waals surface area contributed by atoms with Crippen molar-refractivity contribution in [2.24, 2.45) is 18.0 Å². The Balaban J connectivity index is 2.50. The zero-order valence-corrected chi connectivity index (χ0v) is 11.1. The highest BCUT2D eigenvalue weighted by molar-refractivity contribution is 5.47. The normalized spacial score (nSPS) is 17.5. The first-order chi connectivity index (χ1) is 7.93. The summed E-state index contributed by atoms with van der Waals surface area (Å²) in [6.07, 6.45) is 3.22. The molecule has 0 spiro atoms. The van der Waals surface area contributed by atoms with E-state index in [1.165, 1.54) is 18.5 Å². The van der Waals surface area contributed by atoms with E-state index in [2.05, 4.69) is 35.1 Å². The van der Waals surface area contributed by atoms with Crippen molar-refractivity contribution in [1.82, 2.24) is 9.36 Å². The molecule has 1 heterocycles. The van der Waals surface area contributed by atoms with Gasteiger partial charge in [0.2, 0.25) is 6.41 Å². The van der Waals surface area contributed by atoms with Gasteiger partial charge in [0.25, 0.3) is 0 Å². The average molecular weight is 235 g/mol. The molecule has 1 aliphatic carbocycles. The molecule has 0 bridgehead atoms. The van der Waals surface area contributed by atoms with E-state index in [1.807, 2.05) is 13.1 Å². The molecule has 1 amide bonds. The SMILES string of the molecule is Cn1c(C(C)(C)C)c/c(=N\C=O)n1CC1CC1. The van der Waals surface area contributed by atoms with E-state index in [0.29, 0.717) is 6.41 Å². The van der Waals surface area contributed by atoms with Gasteiger partial charge in [-0.15, -0.1) is 0 Å². The third-order valence-electron chi connectivity index (χ3n) is 3.32. The van der Waals surface area contributed by atoms with Crippen LogP contribution in [-0.4, -0.2) is 15.8 Å². The molecule has 17 heavy (non-hydrogen) atoms. The van der Waals surface area contributed by atoms with Gasteiger partial charge in [-0.05, 0) is 18.8 Å². The van der Waals surface area contributed by atoms with E-state index >= 15 is 0 Å². The lowest BCUT2D eigenvalue weighted by Crippen LogP contribution is -2.25. The maximum absolute atomic E-state index is 10.6. The van der Waals surface area contributed by atoms with Gasteiger partial charge in [-0.3, -0.25) is 14.2 Å². The first-order valence-electron chi connectivity index (χ1n) is 6.18. The molecular formula is C13H21N3O. The van der Waals surface area contributed by atoms with Gasteiger partial charge in [-0.2, -0.15) is 4.99 Å². The van der Waals surface area contributed by atoms with Crippen molar-refractivity contribution in [3.05, 3.63) is 17.2 Å². The van der Waals surface area contributed by atoms with Crippen LogP contribution in [0.2, 0.25) is 0 Å². The Hall–Kier alpha value is -1.32. The second kappa shape index (κ2) is 4.17. The van der Waals surface area contributed by atoms with E-state index in [9.17, 15) is 4.79 Å². The number of amides is 1. The van der Waals surface area contributed by atoms with Crippen molar-refractivity contribution in [2.75, 3.05) is 0 Å². The van der Waals surface area contributed by atoms with Crippen LogP contribution in [0.25, 0.3) is 0 Å². The van der Waals surface area contributed by atoms with Gasteiger partial charge >= 0.3 is 0 Å². The first kappa shape index (κ1) is 12.1. The molecule has 0 N–H and O–H groups in total. The molecule has 0 saturated heterocycles. The summed E-state index contributed by atoms with van der Waals surface area (Å²) < 4.78 is 4.26. The zero-order valence-electron chi connectivity index (χ0n) is 11.1. The quantitative estimate of drug-likeness (QED) is 0.733. The highest BCUT2D eigenvalue weighted by atomic mass is 16.1. The minimum absolute atomic E-state index is 0.0662. The molecule has 1 aliphatic rings. The van der Waals surface area contributed by atoms with E-state index in [1.54, 1.807) is 0 Å². The second-order valence-electron chi connectivity index (χ2n) is 5.92. The van der Waals surface area contributed by atoms with Crippen LogP contribution in [0.3, 0.4) is 0 Å². The van der Waals surface area contributed by atoms with Gasteiger partial charge in [0, 0.05) is 30.8 Å². The number of carbonyl (C=O) groups is 1. The van der Waals surface area contributed by atoms with Gasteiger partial charge in [-0.25, -0.2) is 0 Å². The lowest BCUT2D eigenvalue weighted by molar-refractivity contribution is -0.107. The van der Waals surface area contributed by atoms with Crippen molar-refractivity contribution in [3.8, 4) is 0 Å². The van der Waals surface area contributed by atoms with Gasteiger partial charge in [0.15, 0.2) is 5.49 Å². The molecule has 1 aromatic rings. The molecule has 0 radical (unpaired) electrons. The topological polar surface area (TPSA) is 39.3 Å². The van der Waals surface area contributed by atoms with Crippen LogP contribution in [0, 0.1) is 5.92 Å². The van der Waals surface area contributed by atoms with Crippen LogP contribution in [0.5, 0.6) is 0 Å². The summed E-state index contributed by atoms with van der Waals surface area (Å²) in [5.74, 6) is 0.766. The highest BCUT2D eigenvalue weighted by Gasteiger charge is 2.25. The fourth-order valence-corrected chi connectivity index (χ4v) is 2.19. The molecule has 2 rings (SSSR count). The largest absolute Gasteiger partial charge is 0.291 e. The third kappa shape index (κ3) is 2.51. The van der Waals surface area contributed by atoms with Gasteiger partial charge in [0.1, 0.15) is 0 Å². The minimum Gasteiger partial charge on any atom is -0.291 e. The summed E-state index contributed by atoms with van der Waals surface area (Å²) in [6, 6.07) is 2.02. The van der Waals surface area contributed by atoms with Crippen LogP contribution in [-0.2, 0) is 23.8 Å². The average Bonchev–Trinajstić information content (AvgIpc) is 2.96. The van der Waals surface area contributed by atoms with Crippen molar-refractivity contribution >= 4 is 6.41 Å². The van der Waals surface area contributed by atoms with Crippen molar-refractivity contribution < 1.29 is 4.79 Å². The van der Waals surface area contributed by atoms with Crippen LogP contribution in [0.4, 0.5) is 0 Å². The van der Waals surface area contributed by atoms with Crippen molar-refractivity contribution in [2.45, 2.75) is 45.6 Å². The Kier molecular flexibility index (Phi) is 2.98. The third-order valence-corrected chi connectivity index (χ3v) is 3.32. The molecule has 94 valence electrons. The van der Waals surface area contributed by atoms with Crippen LogP contribution >= 0.6 is 0 Å². The van der Waals surface area contributed by atoms with Crippen LogP contribution in [0.1, 0.15) is 39.3 Å². The van der Waals surface area contributed by atoms with Crippen LogP contribution < -0.4 is 5.49 Å². The van der Waals surface area contributed by atoms with E-state index in [-0.39, 0.29) is 5.41 Å². The van der Waals surface area contributed by atoms with E-state index < -0.39 is 0 Å². The molecule has 0 atom stereocenters. The van der Waals surface area contributed by atoms with E-state index in [4.69, 9.17) is 0 Å². The minimum atomic E-state index is 0.0662. The number of carbonyl (C=O) groups excluding carboxylic acids is 1. The smallest absolute Gasteiger partial charge is 0.234 e. The molecule has 0 aliphatic heterocycles. The second-order valence-corrected chi connectivity index (χ2v) is 5.92. The first-order valence-corrected chi connectivity index (χ1v) is 6.18. The maximum atomic E-state index is 10.6. The molecular weight excluding hydrogens is 214 g/mol. The highest BCUT2D eigenvalue weighted by Crippen LogP contribution is 2.30. The Morgan fingerprint density at radius 2 is 2.12 bits per heavy atom. The molecule has 4 heteroatoms. The molecule has 1 aromatic heterocycles. The summed E-state index contributed by atoms with van der Waals surface area (Å²) in [7, 11) is 2.05. The molecule has 0 aromatic carbocycles. The molecule has 1 saturated carbocycles. The van der Waals surface area contributed by atoms with Gasteiger partial charge < -0.3 is 0 Å². The molecule has 1 fully saturated rings. The standard InChI is InChI=1S/C13H21N3O/c1-13(2,3)11-7-12(14-9-17)16(15(11)4)8-10-5-6-10/h7,9-10H,5-6,8H2,1-4H3/b14-12+. The predicted octanol–water partition coefficient (Wildman–Crippen LogP) is 1.59. The molecule has 0 unspecified atom stereocenters. The fraction of sp³-hybridized carbons (Fsp3) is 0.692. The lowest BCUT2D eigenvalue weighted by Gasteiger charge is -2.20.